The standard InChI is InChI=1S/C12H8F7N3OS/c1-6-2-7(13)8(3-9(6)24(23)4-11(14,15)16)22-5-20-10(21-22)12(17,18)19/h2-3,5H,4H2,1H3/t24-/m1/s1. The number of rotatable bonds is 3. The summed E-state index contributed by atoms with van der Waals surface area (Å²) in [5, 5.41) is 3.04. The highest BCUT2D eigenvalue weighted by Gasteiger charge is 2.36. The maximum atomic E-state index is 13.9. The average molecular weight is 375 g/mol. The number of aryl methyl sites for hydroxylation is 1. The maximum absolute atomic E-state index is 13.9. The molecule has 12 heteroatoms. The summed E-state index contributed by atoms with van der Waals surface area (Å²) in [6.07, 6.45) is -9.02. The molecule has 1 aromatic heterocycles. The third kappa shape index (κ3) is 4.10. The first-order valence-corrected chi connectivity index (χ1v) is 7.45. The van der Waals surface area contributed by atoms with Crippen LogP contribution in [-0.4, -0.2) is 30.9 Å². The number of hydrogen-bond acceptors (Lipinski definition) is 3. The monoisotopic (exact) mass is 375 g/mol. The smallest absolute Gasteiger partial charge is 0.254 e. The first kappa shape index (κ1) is 18.4. The molecule has 1 atom stereocenters. The van der Waals surface area contributed by atoms with Gasteiger partial charge in [-0.3, -0.25) is 4.21 Å². The van der Waals surface area contributed by atoms with E-state index in [1.165, 1.54) is 6.92 Å². The van der Waals surface area contributed by atoms with Crippen LogP contribution in [0.5, 0.6) is 0 Å². The predicted molar refractivity (Wildman–Crippen MR) is 68.4 cm³/mol. The van der Waals surface area contributed by atoms with Crippen molar-refractivity contribution in [2.75, 3.05) is 5.75 Å². The highest BCUT2D eigenvalue weighted by atomic mass is 32.2. The van der Waals surface area contributed by atoms with E-state index in [-0.39, 0.29) is 10.5 Å². The summed E-state index contributed by atoms with van der Waals surface area (Å²) in [5.74, 6) is -4.25. The fourth-order valence-electron chi connectivity index (χ4n) is 1.80. The Labute approximate surface area is 132 Å². The number of nitrogens with zero attached hydrogens (tertiary/aromatic N) is 3. The van der Waals surface area contributed by atoms with Gasteiger partial charge in [0.1, 0.15) is 23.6 Å². The van der Waals surface area contributed by atoms with E-state index in [0.717, 1.165) is 12.1 Å². The van der Waals surface area contributed by atoms with Crippen LogP contribution in [0.2, 0.25) is 0 Å². The van der Waals surface area contributed by atoms with Crippen molar-refractivity contribution in [2.45, 2.75) is 24.2 Å². The zero-order valence-electron chi connectivity index (χ0n) is 11.7. The molecular weight excluding hydrogens is 367 g/mol. The van der Waals surface area contributed by atoms with Gasteiger partial charge in [-0.2, -0.15) is 26.3 Å². The van der Waals surface area contributed by atoms with Crippen molar-refractivity contribution in [1.29, 1.82) is 0 Å². The van der Waals surface area contributed by atoms with Gasteiger partial charge in [0.25, 0.3) is 5.82 Å². The molecule has 132 valence electrons. The molecule has 0 aliphatic heterocycles. The quantitative estimate of drug-likeness (QED) is 0.773. The molecule has 1 aromatic carbocycles. The molecule has 0 radical (unpaired) electrons. The molecule has 0 amide bonds. The van der Waals surface area contributed by atoms with Crippen LogP contribution < -0.4 is 0 Å². The number of alkyl halides is 6. The Morgan fingerprint density at radius 1 is 1.17 bits per heavy atom. The van der Waals surface area contributed by atoms with Crippen molar-refractivity contribution in [2.24, 2.45) is 0 Å². The van der Waals surface area contributed by atoms with E-state index >= 15 is 0 Å². The van der Waals surface area contributed by atoms with E-state index in [9.17, 15) is 34.9 Å². The van der Waals surface area contributed by atoms with Gasteiger partial charge in [-0.05, 0) is 24.6 Å². The van der Waals surface area contributed by atoms with Crippen molar-refractivity contribution in [1.82, 2.24) is 14.8 Å². The lowest BCUT2D eigenvalue weighted by Gasteiger charge is -2.11. The highest BCUT2D eigenvalue weighted by Crippen LogP contribution is 2.28. The molecule has 0 spiro atoms. The molecule has 4 nitrogen and oxygen atoms in total. The van der Waals surface area contributed by atoms with Gasteiger partial charge in [0, 0.05) is 4.90 Å². The maximum Gasteiger partial charge on any atom is 0.453 e. The summed E-state index contributed by atoms with van der Waals surface area (Å²) in [6, 6.07) is 1.54. The largest absolute Gasteiger partial charge is 0.453 e. The molecule has 1 heterocycles. The molecule has 0 aliphatic carbocycles. The number of benzene rings is 1. The lowest BCUT2D eigenvalue weighted by molar-refractivity contribution is -0.144. The Balaban J connectivity index is 2.47. The zero-order valence-corrected chi connectivity index (χ0v) is 12.6. The van der Waals surface area contributed by atoms with Gasteiger partial charge in [-0.1, -0.05) is 0 Å². The molecule has 0 N–H and O–H groups in total. The second kappa shape index (κ2) is 6.15. The normalized spacial score (nSPS) is 14.0. The first-order chi connectivity index (χ1) is 10.9. The van der Waals surface area contributed by atoms with Gasteiger partial charge in [0.2, 0.25) is 0 Å². The number of aromatic nitrogens is 3. The van der Waals surface area contributed by atoms with Crippen LogP contribution in [-0.2, 0) is 17.0 Å². The number of halogens is 7. The lowest BCUT2D eigenvalue weighted by atomic mass is 10.2. The first-order valence-electron chi connectivity index (χ1n) is 6.13. The average Bonchev–Trinajstić information content (AvgIpc) is 2.85. The zero-order chi connectivity index (χ0) is 18.3. The summed E-state index contributed by atoms with van der Waals surface area (Å²) in [7, 11) is -2.54. The minimum absolute atomic E-state index is 0.0324. The molecule has 0 bridgehead atoms. The molecule has 0 fully saturated rings. The molecule has 0 saturated heterocycles. The predicted octanol–water partition coefficient (Wildman–Crippen LogP) is 3.40. The third-order valence-electron chi connectivity index (χ3n) is 2.78. The fraction of sp³-hybridized carbons (Fsp3) is 0.333. The van der Waals surface area contributed by atoms with E-state index in [2.05, 4.69) is 10.1 Å². The Morgan fingerprint density at radius 3 is 2.29 bits per heavy atom. The summed E-state index contributed by atoms with van der Waals surface area (Å²) < 4.78 is 101. The second-order valence-electron chi connectivity index (χ2n) is 4.68. The minimum Gasteiger partial charge on any atom is -0.254 e. The van der Waals surface area contributed by atoms with Gasteiger partial charge in [0.05, 0.1) is 10.8 Å². The molecule has 0 aliphatic rings. The molecule has 2 aromatic rings. The molecule has 0 unspecified atom stereocenters. The molecule has 2 rings (SSSR count). The summed E-state index contributed by atoms with van der Waals surface area (Å²) in [6.45, 7) is 1.24. The summed E-state index contributed by atoms with van der Waals surface area (Å²) >= 11 is 0. The Hall–Kier alpha value is -1.98. The van der Waals surface area contributed by atoms with Crippen LogP contribution in [0.15, 0.2) is 23.4 Å². The van der Waals surface area contributed by atoms with E-state index < -0.39 is 46.2 Å². The Morgan fingerprint density at radius 2 is 1.79 bits per heavy atom. The molecule has 24 heavy (non-hydrogen) atoms. The SMILES string of the molecule is Cc1cc(F)c(-n2cnc(C(F)(F)F)n2)cc1[S@](=O)CC(F)(F)F. The van der Waals surface area contributed by atoms with Crippen LogP contribution in [0.1, 0.15) is 11.4 Å². The molecule has 0 saturated carbocycles. The van der Waals surface area contributed by atoms with Crippen molar-refractivity contribution >= 4 is 10.8 Å². The third-order valence-corrected chi connectivity index (χ3v) is 4.30. The van der Waals surface area contributed by atoms with Crippen LogP contribution in [0.4, 0.5) is 30.7 Å². The topological polar surface area (TPSA) is 47.8 Å². The minimum atomic E-state index is -4.87. The molecular formula is C12H8F7N3OS. The number of hydrogen-bond donors (Lipinski definition) is 0. The van der Waals surface area contributed by atoms with Gasteiger partial charge >= 0.3 is 12.4 Å². The van der Waals surface area contributed by atoms with E-state index in [1.54, 1.807) is 0 Å². The van der Waals surface area contributed by atoms with Crippen molar-refractivity contribution < 1.29 is 34.9 Å². The van der Waals surface area contributed by atoms with Gasteiger partial charge < -0.3 is 0 Å². The summed E-state index contributed by atoms with van der Waals surface area (Å²) in [4.78, 5) is 2.61. The summed E-state index contributed by atoms with van der Waals surface area (Å²) in [5.41, 5.74) is -0.621. The van der Waals surface area contributed by atoms with Crippen LogP contribution in [0, 0.1) is 12.7 Å². The van der Waals surface area contributed by atoms with Gasteiger partial charge in [-0.15, -0.1) is 5.10 Å². The highest BCUT2D eigenvalue weighted by molar-refractivity contribution is 7.85. The van der Waals surface area contributed by atoms with Crippen molar-refractivity contribution in [3.63, 3.8) is 0 Å². The van der Waals surface area contributed by atoms with E-state index in [4.69, 9.17) is 0 Å². The van der Waals surface area contributed by atoms with E-state index in [1.807, 2.05) is 0 Å². The van der Waals surface area contributed by atoms with Crippen LogP contribution in [0.3, 0.4) is 0 Å². The van der Waals surface area contributed by atoms with Crippen molar-refractivity contribution in [3.05, 3.63) is 35.7 Å². The van der Waals surface area contributed by atoms with Crippen molar-refractivity contribution in [3.8, 4) is 5.69 Å². The van der Waals surface area contributed by atoms with Gasteiger partial charge in [0.15, 0.2) is 0 Å². The Bertz CT molecular complexity index is 782. The van der Waals surface area contributed by atoms with Crippen LogP contribution in [0.25, 0.3) is 5.69 Å². The second-order valence-corrected chi connectivity index (χ2v) is 6.10. The van der Waals surface area contributed by atoms with E-state index in [0.29, 0.717) is 11.0 Å². The van der Waals surface area contributed by atoms with Gasteiger partial charge in [-0.25, -0.2) is 14.1 Å². The fourth-order valence-corrected chi connectivity index (χ4v) is 2.91. The Kier molecular flexibility index (Phi) is 4.70. The lowest BCUT2D eigenvalue weighted by Crippen LogP contribution is -2.19. The van der Waals surface area contributed by atoms with Crippen LogP contribution >= 0.6 is 0 Å².